The molecule has 3 N–H and O–H groups in total. The smallest absolute Gasteiger partial charge is 0.822 e. The Morgan fingerprint density at radius 1 is 1.09 bits per heavy atom. The van der Waals surface area contributed by atoms with Crippen LogP contribution in [-0.2, 0) is 21.6 Å². The Morgan fingerprint density at radius 2 is 1.09 bits per heavy atom. The topological polar surface area (TPSA) is 147 Å². The van der Waals surface area contributed by atoms with Crippen molar-refractivity contribution in [1.29, 1.82) is 0 Å². The summed E-state index contributed by atoms with van der Waals surface area (Å²) in [4.78, 5) is 25.6. The van der Waals surface area contributed by atoms with Crippen molar-refractivity contribution in [2.24, 2.45) is 0 Å². The molecule has 0 bridgehead atoms. The molecule has 0 fully saturated rings. The van der Waals surface area contributed by atoms with E-state index in [1.807, 2.05) is 0 Å². The predicted molar refractivity (Wildman–Crippen MR) is 20.0 cm³/mol. The average Bonchev–Trinajstić information content (AvgIpc) is 1.19. The van der Waals surface area contributed by atoms with Crippen molar-refractivity contribution in [2.45, 2.75) is 0 Å². The van der Waals surface area contributed by atoms with Gasteiger partial charge in [0.05, 0.1) is 0 Å². The third-order valence-corrected chi connectivity index (χ3v) is 0. The molecule has 0 atom stereocenters. The molecular formula is H3BFeLiO7P. The molecule has 11 heavy (non-hydrogen) atoms. The minimum atomic E-state index is -5.39. The molecule has 0 spiro atoms. The van der Waals surface area contributed by atoms with Crippen LogP contribution in [0.25, 0.3) is 0 Å². The van der Waals surface area contributed by atoms with E-state index in [0.717, 1.165) is 0 Å². The molecule has 0 heterocycles. The summed E-state index contributed by atoms with van der Waals surface area (Å²) < 4.78 is 8.55. The predicted octanol–water partition coefficient (Wildman–Crippen LogP) is -7.87. The molecule has 0 aromatic carbocycles. The number of rotatable bonds is 0. The summed E-state index contributed by atoms with van der Waals surface area (Å²) in [6.07, 6.45) is 0. The van der Waals surface area contributed by atoms with Crippen molar-refractivity contribution < 1.29 is 70.2 Å². The van der Waals surface area contributed by atoms with E-state index in [4.69, 9.17) is 34.3 Å². The average molecular weight is 220 g/mol. The normalized spacial score (nSPS) is 7.82. The number of hydrogen-bond acceptors (Lipinski definition) is 7. The molecule has 0 unspecified atom stereocenters. The van der Waals surface area contributed by atoms with Crippen LogP contribution in [0.3, 0.4) is 0 Å². The summed E-state index contributed by atoms with van der Waals surface area (Å²) in [5.74, 6) is 0. The van der Waals surface area contributed by atoms with Crippen LogP contribution in [0.15, 0.2) is 0 Å². The van der Waals surface area contributed by atoms with Gasteiger partial charge in [0.2, 0.25) is 0 Å². The maximum absolute atomic E-state index is 8.55. The molecule has 0 amide bonds. The van der Waals surface area contributed by atoms with Gasteiger partial charge in [0, 0.05) is 0 Å². The Morgan fingerprint density at radius 3 is 1.09 bits per heavy atom. The van der Waals surface area contributed by atoms with Crippen LogP contribution in [0.4, 0.5) is 0 Å². The second-order valence-electron chi connectivity index (χ2n) is 0.794. The van der Waals surface area contributed by atoms with Crippen molar-refractivity contribution >= 4 is 15.1 Å². The van der Waals surface area contributed by atoms with Gasteiger partial charge in [-0.15, -0.1) is 0 Å². The maximum Gasteiger partial charge on any atom is 2.00 e. The van der Waals surface area contributed by atoms with E-state index in [1.54, 1.807) is 0 Å². The molecular weight excluding hydrogens is 217 g/mol. The Balaban J connectivity index is -0.0000000383. The van der Waals surface area contributed by atoms with Gasteiger partial charge < -0.3 is 34.3 Å². The molecule has 0 aromatic rings. The van der Waals surface area contributed by atoms with Gasteiger partial charge in [-0.1, -0.05) is 0 Å². The maximum atomic E-state index is 8.55. The number of hydrogen-bond donors (Lipinski definition) is 3. The van der Waals surface area contributed by atoms with E-state index in [9.17, 15) is 0 Å². The SMILES string of the molecule is O=P([O-])([O-])[O-].OB(O)O.[Fe+2].[Li+]. The zero-order chi connectivity index (χ0) is 8.08. The van der Waals surface area contributed by atoms with Crippen molar-refractivity contribution in [3.8, 4) is 0 Å². The largest absolute Gasteiger partial charge is 2.00 e. The van der Waals surface area contributed by atoms with E-state index >= 15 is 0 Å². The summed E-state index contributed by atoms with van der Waals surface area (Å²) in [7, 11) is -7.56. The van der Waals surface area contributed by atoms with Crippen molar-refractivity contribution in [2.75, 3.05) is 0 Å². The van der Waals surface area contributed by atoms with E-state index in [0.29, 0.717) is 0 Å². The minimum Gasteiger partial charge on any atom is -0.822 e. The fourth-order valence-electron chi connectivity index (χ4n) is 0. The molecule has 0 radical (unpaired) electrons. The van der Waals surface area contributed by atoms with Gasteiger partial charge in [0.25, 0.3) is 0 Å². The molecule has 0 aliphatic heterocycles. The van der Waals surface area contributed by atoms with E-state index in [1.165, 1.54) is 0 Å². The Kier molecular flexibility index (Phi) is 23.1. The van der Waals surface area contributed by atoms with Crippen LogP contribution in [0.5, 0.6) is 0 Å². The summed E-state index contributed by atoms with van der Waals surface area (Å²) in [6.45, 7) is 0. The van der Waals surface area contributed by atoms with Crippen molar-refractivity contribution in [3.05, 3.63) is 0 Å². The fraction of sp³-hybridized carbons (Fsp3) is 0. The quantitative estimate of drug-likeness (QED) is 0.271. The van der Waals surface area contributed by atoms with Crippen LogP contribution >= 0.6 is 7.82 Å². The van der Waals surface area contributed by atoms with Gasteiger partial charge in [0.1, 0.15) is 0 Å². The van der Waals surface area contributed by atoms with Gasteiger partial charge in [0.15, 0.2) is 0 Å². The zero-order valence-corrected chi connectivity index (χ0v) is 7.35. The van der Waals surface area contributed by atoms with Gasteiger partial charge in [-0.3, -0.25) is 0 Å². The second kappa shape index (κ2) is 11.2. The fourth-order valence-corrected chi connectivity index (χ4v) is 0. The van der Waals surface area contributed by atoms with E-state index in [2.05, 4.69) is 0 Å². The monoisotopic (exact) mass is 220 g/mol. The summed E-state index contributed by atoms with van der Waals surface area (Å²) in [6, 6.07) is 0. The molecule has 62 valence electrons. The summed E-state index contributed by atoms with van der Waals surface area (Å²) in [5, 5.41) is 21.5. The van der Waals surface area contributed by atoms with Gasteiger partial charge in [-0.2, -0.15) is 7.82 Å². The molecule has 0 aliphatic rings. The molecule has 0 rings (SSSR count). The first-order chi connectivity index (χ1) is 3.73. The van der Waals surface area contributed by atoms with E-state index < -0.39 is 15.1 Å². The molecule has 0 aliphatic carbocycles. The Bertz CT molecular complexity index is 89.6. The molecule has 0 saturated heterocycles. The first-order valence-electron chi connectivity index (χ1n) is 1.50. The Hall–Kier alpha value is 1.17. The van der Waals surface area contributed by atoms with Crippen LogP contribution in [-0.4, -0.2) is 22.4 Å². The molecule has 0 aromatic heterocycles. The standard InChI is InChI=1S/BH3O3.Fe.Li.H3O4P/c2-1(3)4;;;1-5(2,3)4/h2-4H;;;(H3,1,2,3,4)/q;+2;+1;/p-3. The first-order valence-corrected chi connectivity index (χ1v) is 2.97. The summed E-state index contributed by atoms with van der Waals surface area (Å²) in [5.41, 5.74) is 0. The van der Waals surface area contributed by atoms with Gasteiger partial charge in [-0.25, -0.2) is 0 Å². The van der Waals surface area contributed by atoms with Gasteiger partial charge >= 0.3 is 43.3 Å². The van der Waals surface area contributed by atoms with Gasteiger partial charge in [-0.05, 0) is 0 Å². The second-order valence-corrected chi connectivity index (χ2v) is 1.69. The molecule has 0 saturated carbocycles. The van der Waals surface area contributed by atoms with Crippen LogP contribution in [0.1, 0.15) is 0 Å². The Labute approximate surface area is 85.5 Å². The summed E-state index contributed by atoms with van der Waals surface area (Å²) >= 11 is 0. The zero-order valence-electron chi connectivity index (χ0n) is 5.35. The third-order valence-electron chi connectivity index (χ3n) is 0. The van der Waals surface area contributed by atoms with Crippen molar-refractivity contribution in [1.82, 2.24) is 0 Å². The van der Waals surface area contributed by atoms with Crippen LogP contribution in [0.2, 0.25) is 0 Å². The van der Waals surface area contributed by atoms with Crippen LogP contribution < -0.4 is 33.5 Å². The molecule has 11 heteroatoms. The third kappa shape index (κ3) is 684. The molecule has 7 nitrogen and oxygen atoms in total. The van der Waals surface area contributed by atoms with Crippen molar-refractivity contribution in [3.63, 3.8) is 0 Å². The van der Waals surface area contributed by atoms with E-state index in [-0.39, 0.29) is 35.9 Å². The number of phosphoric acid groups is 1. The van der Waals surface area contributed by atoms with Crippen LogP contribution in [0, 0.1) is 0 Å². The minimum absolute atomic E-state index is 0. The first kappa shape index (κ1) is 22.7.